The zero-order chi connectivity index (χ0) is 17.3. The van der Waals surface area contributed by atoms with Gasteiger partial charge in [-0.2, -0.15) is 0 Å². The monoisotopic (exact) mass is 345 g/mol. The van der Waals surface area contributed by atoms with E-state index in [9.17, 15) is 4.79 Å². The average molecular weight is 345 g/mol. The summed E-state index contributed by atoms with van der Waals surface area (Å²) in [6.07, 6.45) is 10.1. The zero-order valence-corrected chi connectivity index (χ0v) is 15.1. The average Bonchev–Trinajstić information content (AvgIpc) is 3.30. The minimum atomic E-state index is -0.134. The number of carbonyl (C=O) groups is 1. The van der Waals surface area contributed by atoms with Crippen molar-refractivity contribution < 1.29 is 9.53 Å². The second-order valence-electron chi connectivity index (χ2n) is 7.19. The molecule has 2 amide bonds. The summed E-state index contributed by atoms with van der Waals surface area (Å²) in [5, 5.41) is 5.81. The molecule has 1 aromatic rings. The lowest BCUT2D eigenvalue weighted by molar-refractivity contribution is 0.210. The summed E-state index contributed by atoms with van der Waals surface area (Å²) in [6, 6.07) is 7.54. The zero-order valence-electron chi connectivity index (χ0n) is 15.1. The number of ether oxygens (including phenoxy) is 1. The van der Waals surface area contributed by atoms with Crippen LogP contribution in [0.3, 0.4) is 0 Å². The van der Waals surface area contributed by atoms with Crippen LogP contribution in [0.25, 0.3) is 0 Å². The normalized spacial score (nSPS) is 18.4. The number of rotatable bonds is 8. The molecule has 3 rings (SSSR count). The Kier molecular flexibility index (Phi) is 6.98. The fourth-order valence-corrected chi connectivity index (χ4v) is 3.66. The lowest BCUT2D eigenvalue weighted by Crippen LogP contribution is -2.30. The van der Waals surface area contributed by atoms with Crippen molar-refractivity contribution in [1.82, 2.24) is 10.2 Å². The summed E-state index contributed by atoms with van der Waals surface area (Å²) in [5.74, 6) is 0.889. The van der Waals surface area contributed by atoms with Gasteiger partial charge in [-0.1, -0.05) is 0 Å². The summed E-state index contributed by atoms with van der Waals surface area (Å²) in [6.45, 7) is 4.37. The standard InChI is InChI=1S/C20H31N3O2/c24-20(21-13-3-4-14-23-15-5-6-16-23)22-17-9-11-19(12-10-17)25-18-7-1-2-8-18/h9-12,18H,1-8,13-16H2,(H2,21,22,24). The number of likely N-dealkylation sites (tertiary alicyclic amines) is 1. The molecule has 2 fully saturated rings. The number of urea groups is 1. The molecule has 138 valence electrons. The van der Waals surface area contributed by atoms with Gasteiger partial charge in [0, 0.05) is 12.2 Å². The van der Waals surface area contributed by atoms with E-state index in [0.717, 1.165) is 50.2 Å². The Bertz CT molecular complexity index is 520. The van der Waals surface area contributed by atoms with Crippen LogP contribution in [0.5, 0.6) is 5.75 Å². The summed E-state index contributed by atoms with van der Waals surface area (Å²) in [5.41, 5.74) is 0.799. The van der Waals surface area contributed by atoms with Gasteiger partial charge in [0.15, 0.2) is 0 Å². The minimum Gasteiger partial charge on any atom is -0.490 e. The molecule has 1 saturated heterocycles. The van der Waals surface area contributed by atoms with Gasteiger partial charge in [0.25, 0.3) is 0 Å². The maximum Gasteiger partial charge on any atom is 0.319 e. The van der Waals surface area contributed by atoms with Crippen molar-refractivity contribution in [2.75, 3.05) is 31.5 Å². The molecule has 0 spiro atoms. The van der Waals surface area contributed by atoms with E-state index in [1.54, 1.807) is 0 Å². The molecule has 2 aliphatic rings. The number of benzene rings is 1. The Morgan fingerprint density at radius 1 is 1.04 bits per heavy atom. The molecule has 0 aromatic heterocycles. The molecule has 0 bridgehead atoms. The maximum atomic E-state index is 11.9. The molecule has 1 aromatic carbocycles. The Morgan fingerprint density at radius 2 is 1.76 bits per heavy atom. The summed E-state index contributed by atoms with van der Waals surface area (Å²) in [4.78, 5) is 14.4. The van der Waals surface area contributed by atoms with E-state index in [0.29, 0.717) is 6.10 Å². The van der Waals surface area contributed by atoms with Crippen LogP contribution < -0.4 is 15.4 Å². The fraction of sp³-hybridized carbons (Fsp3) is 0.650. The van der Waals surface area contributed by atoms with E-state index in [1.807, 2.05) is 24.3 Å². The lowest BCUT2D eigenvalue weighted by atomic mass is 10.2. The smallest absolute Gasteiger partial charge is 0.319 e. The van der Waals surface area contributed by atoms with Crippen LogP contribution in [0.4, 0.5) is 10.5 Å². The van der Waals surface area contributed by atoms with Crippen molar-refractivity contribution in [1.29, 1.82) is 0 Å². The Balaban J connectivity index is 1.29. The number of carbonyl (C=O) groups excluding carboxylic acids is 1. The van der Waals surface area contributed by atoms with Crippen LogP contribution in [0.1, 0.15) is 51.4 Å². The fourth-order valence-electron chi connectivity index (χ4n) is 3.66. The van der Waals surface area contributed by atoms with Crippen molar-refractivity contribution in [3.63, 3.8) is 0 Å². The van der Waals surface area contributed by atoms with Gasteiger partial charge in [-0.3, -0.25) is 0 Å². The summed E-state index contributed by atoms with van der Waals surface area (Å²) >= 11 is 0. The van der Waals surface area contributed by atoms with E-state index in [1.165, 1.54) is 38.8 Å². The number of unbranched alkanes of at least 4 members (excludes halogenated alkanes) is 1. The third-order valence-corrected chi connectivity index (χ3v) is 5.10. The van der Waals surface area contributed by atoms with Gasteiger partial charge >= 0.3 is 6.03 Å². The van der Waals surface area contributed by atoms with Gasteiger partial charge in [0.1, 0.15) is 5.75 Å². The van der Waals surface area contributed by atoms with Gasteiger partial charge in [-0.05, 0) is 95.3 Å². The van der Waals surface area contributed by atoms with Crippen LogP contribution in [0, 0.1) is 0 Å². The van der Waals surface area contributed by atoms with Crippen LogP contribution in [0.2, 0.25) is 0 Å². The number of anilines is 1. The molecule has 0 unspecified atom stereocenters. The molecule has 0 atom stereocenters. The topological polar surface area (TPSA) is 53.6 Å². The lowest BCUT2D eigenvalue weighted by Gasteiger charge is -2.14. The predicted molar refractivity (Wildman–Crippen MR) is 101 cm³/mol. The number of nitrogens with zero attached hydrogens (tertiary/aromatic N) is 1. The molecule has 1 aliphatic heterocycles. The van der Waals surface area contributed by atoms with Crippen molar-refractivity contribution in [3.05, 3.63) is 24.3 Å². The second-order valence-corrected chi connectivity index (χ2v) is 7.19. The third-order valence-electron chi connectivity index (χ3n) is 5.10. The molecule has 5 nitrogen and oxygen atoms in total. The van der Waals surface area contributed by atoms with Crippen molar-refractivity contribution in [2.45, 2.75) is 57.5 Å². The first-order valence-electron chi connectivity index (χ1n) is 9.83. The number of hydrogen-bond acceptors (Lipinski definition) is 3. The largest absolute Gasteiger partial charge is 0.490 e. The first kappa shape index (κ1) is 18.1. The first-order chi connectivity index (χ1) is 12.3. The predicted octanol–water partition coefficient (Wildman–Crippen LogP) is 4.01. The van der Waals surface area contributed by atoms with Crippen molar-refractivity contribution >= 4 is 11.7 Å². The highest BCUT2D eigenvalue weighted by molar-refractivity contribution is 5.89. The molecule has 25 heavy (non-hydrogen) atoms. The number of hydrogen-bond donors (Lipinski definition) is 2. The van der Waals surface area contributed by atoms with Crippen LogP contribution in [0.15, 0.2) is 24.3 Å². The highest BCUT2D eigenvalue weighted by Gasteiger charge is 2.16. The Labute approximate surface area is 151 Å². The Morgan fingerprint density at radius 3 is 2.48 bits per heavy atom. The van der Waals surface area contributed by atoms with E-state index in [4.69, 9.17) is 4.74 Å². The number of nitrogens with one attached hydrogen (secondary N) is 2. The number of amides is 2. The van der Waals surface area contributed by atoms with E-state index in [-0.39, 0.29) is 6.03 Å². The molecule has 1 saturated carbocycles. The van der Waals surface area contributed by atoms with Crippen LogP contribution >= 0.6 is 0 Å². The quantitative estimate of drug-likeness (QED) is 0.700. The van der Waals surface area contributed by atoms with Gasteiger partial charge in [0.2, 0.25) is 0 Å². The van der Waals surface area contributed by atoms with Gasteiger partial charge in [0.05, 0.1) is 6.10 Å². The van der Waals surface area contributed by atoms with E-state index in [2.05, 4.69) is 15.5 Å². The molecular weight excluding hydrogens is 314 g/mol. The summed E-state index contributed by atoms with van der Waals surface area (Å²) in [7, 11) is 0. The SMILES string of the molecule is O=C(NCCCCN1CCCC1)Nc1ccc(OC2CCCC2)cc1. The second kappa shape index (κ2) is 9.66. The van der Waals surface area contributed by atoms with Gasteiger partial charge < -0.3 is 20.3 Å². The molecule has 2 N–H and O–H groups in total. The third kappa shape index (κ3) is 6.24. The molecule has 0 radical (unpaired) electrons. The molecular formula is C20H31N3O2. The highest BCUT2D eigenvalue weighted by atomic mass is 16.5. The van der Waals surface area contributed by atoms with Crippen LogP contribution in [-0.2, 0) is 0 Å². The summed E-state index contributed by atoms with van der Waals surface area (Å²) < 4.78 is 5.94. The molecule has 1 aliphatic carbocycles. The van der Waals surface area contributed by atoms with Gasteiger partial charge in [-0.25, -0.2) is 4.79 Å². The minimum absolute atomic E-state index is 0.134. The molecule has 5 heteroatoms. The van der Waals surface area contributed by atoms with E-state index < -0.39 is 0 Å². The van der Waals surface area contributed by atoms with Crippen molar-refractivity contribution in [2.24, 2.45) is 0 Å². The Hall–Kier alpha value is -1.75. The maximum absolute atomic E-state index is 11.9. The van der Waals surface area contributed by atoms with Crippen molar-refractivity contribution in [3.8, 4) is 5.75 Å². The highest BCUT2D eigenvalue weighted by Crippen LogP contribution is 2.24. The van der Waals surface area contributed by atoms with Gasteiger partial charge in [-0.15, -0.1) is 0 Å². The van der Waals surface area contributed by atoms with E-state index >= 15 is 0 Å². The van der Waals surface area contributed by atoms with Crippen LogP contribution in [-0.4, -0.2) is 43.2 Å². The first-order valence-corrected chi connectivity index (χ1v) is 9.83. The molecule has 1 heterocycles.